The van der Waals surface area contributed by atoms with Gasteiger partial charge in [0.1, 0.15) is 0 Å². The van der Waals surface area contributed by atoms with E-state index in [1.165, 1.54) is 67.4 Å². The molecule has 0 nitrogen and oxygen atoms in total. The molecule has 9 rings (SSSR count). The smallest absolute Gasteiger partial charge is 0.343 e. The van der Waals surface area contributed by atoms with Gasteiger partial charge in [0, 0.05) is 0 Å². The molecule has 0 unspecified atom stereocenters. The average molecular weight is 819 g/mol. The van der Waals surface area contributed by atoms with Gasteiger partial charge < -0.3 is 19.3 Å². The molecule has 0 radical (unpaired) electrons. The summed E-state index contributed by atoms with van der Waals surface area (Å²) in [6.45, 7) is 19.9. The minimum absolute atomic E-state index is 0. The average Bonchev–Trinajstić information content (AvgIpc) is 3.30. The normalized spacial score (nSPS) is 8.73. The zero-order chi connectivity index (χ0) is 42.5. The quantitative estimate of drug-likeness (QED) is 0.0753. The van der Waals surface area contributed by atoms with E-state index in [1.54, 1.807) is 0 Å². The van der Waals surface area contributed by atoms with Gasteiger partial charge in [-0.25, -0.2) is 0 Å². The molecule has 0 bridgehead atoms. The summed E-state index contributed by atoms with van der Waals surface area (Å²) < 4.78 is 0. The van der Waals surface area contributed by atoms with Crippen LogP contribution >= 0.6 is 0 Å². The van der Waals surface area contributed by atoms with Gasteiger partial charge in [0.2, 0.25) is 0 Å². The Bertz CT molecular complexity index is 2220. The van der Waals surface area contributed by atoms with E-state index in [1.807, 2.05) is 84.9 Å². The third-order valence-corrected chi connectivity index (χ3v) is 8.46. The molecule has 7 heteroatoms. The zero-order valence-corrected chi connectivity index (χ0v) is 43.1. The molecule has 66 heavy (non-hydrogen) atoms. The summed E-state index contributed by atoms with van der Waals surface area (Å²) in [6.07, 6.45) is 5.60. The molecule has 0 spiro atoms. The molecule has 0 saturated carbocycles. The zero-order valence-electron chi connectivity index (χ0n) is 43.1. The predicted octanol–water partition coefficient (Wildman–Crippen LogP) is -3.50. The van der Waals surface area contributed by atoms with Crippen LogP contribution in [0.25, 0.3) is 54.2 Å². The van der Waals surface area contributed by atoms with E-state index in [9.17, 15) is 0 Å². The number of unbranched alkanes of at least 4 members (excludes halogenated alkanes) is 2. The van der Waals surface area contributed by atoms with E-state index in [4.69, 9.17) is 0 Å². The van der Waals surface area contributed by atoms with Crippen LogP contribution in [0.3, 0.4) is 0 Å². The van der Waals surface area contributed by atoms with Crippen LogP contribution in [0, 0.1) is 44.4 Å². The van der Waals surface area contributed by atoms with Crippen LogP contribution in [0.4, 0.5) is 0 Å². The van der Waals surface area contributed by atoms with Crippen LogP contribution in [0.1, 0.15) is 66.4 Å². The number of hydrogen-bond donors (Lipinski definition) is 0. The largest absolute Gasteiger partial charge is 1.00 e. The Labute approximate surface area is 485 Å². The number of benzene rings is 9. The summed E-state index contributed by atoms with van der Waals surface area (Å²) in [6, 6.07) is 75.8. The van der Waals surface area contributed by atoms with Gasteiger partial charge in [0.25, 0.3) is 0 Å². The first-order chi connectivity index (χ1) is 28.8. The van der Waals surface area contributed by atoms with Crippen molar-refractivity contribution in [3.63, 3.8) is 0 Å². The van der Waals surface area contributed by atoms with E-state index < -0.39 is 0 Å². The Balaban J connectivity index is -0.000000228. The van der Waals surface area contributed by atoms with Gasteiger partial charge in [-0.2, -0.15) is 65.2 Å². The first-order valence-electron chi connectivity index (χ1n) is 20.6. The minimum atomic E-state index is 0. The SMILES string of the molecule is C[C-](C)C.C[CH-]CC.[CH2-]CCC.[CH2-]c1ccccc1.[Li+].[Li+].[Li+].[Li+].[Li+].[Li+].[Li+].[c-]1c2ccccc2cc2ccccc12.[c-]1cc2ccccc2c2ccccc12.[c-]1ccccc1-c1ccccc1. The second-order valence-corrected chi connectivity index (χ2v) is 14.2. The molecule has 0 aliphatic carbocycles. The molecule has 304 valence electrons. The van der Waals surface area contributed by atoms with Gasteiger partial charge in [-0.1, -0.05) is 157 Å². The first kappa shape index (κ1) is 73.0. The van der Waals surface area contributed by atoms with Crippen molar-refractivity contribution in [3.05, 3.63) is 244 Å². The maximum atomic E-state index is 3.72. The third-order valence-electron chi connectivity index (χ3n) is 8.46. The van der Waals surface area contributed by atoms with E-state index in [2.05, 4.69) is 189 Å². The number of hydrogen-bond acceptors (Lipinski definition) is 0. The van der Waals surface area contributed by atoms with Crippen LogP contribution in [-0.2, 0) is 0 Å². The van der Waals surface area contributed by atoms with Crippen molar-refractivity contribution in [1.82, 2.24) is 0 Å². The standard InChI is InChI=1S/2C14H9.C12H9.C7H7.3C4H9.7Li/c1-3-7-13-11(5-1)9-10-12-6-2-4-8-14(12)13;1-2-6-12-10-14-8-4-3-7-13(14)9-11(12)5-1;1-3-7-11(8-4-1)12-9-5-2-6-10-12;1-7-5-3-2-4-6-7;1-4(2)3;2*1-3-4-2;;;;;;;/h2*1-9H;1-9H;2-6H,1H2;1-3H3;3H,4H2,1-2H3;1,3-4H2,2H3;;;;;;;/q7*-1;7*+1. The summed E-state index contributed by atoms with van der Waals surface area (Å²) in [7, 11) is 0. The molecule has 0 aromatic heterocycles. The second kappa shape index (κ2) is 45.5. The van der Waals surface area contributed by atoms with Crippen molar-refractivity contribution in [2.75, 3.05) is 0 Å². The van der Waals surface area contributed by atoms with Crippen molar-refractivity contribution in [3.8, 4) is 11.1 Å². The van der Waals surface area contributed by atoms with E-state index in [0.29, 0.717) is 0 Å². The Hall–Kier alpha value is -1.93. The fourth-order valence-electron chi connectivity index (χ4n) is 5.32. The Morgan fingerprint density at radius 2 is 0.879 bits per heavy atom. The van der Waals surface area contributed by atoms with Crippen molar-refractivity contribution in [2.24, 2.45) is 0 Å². The Morgan fingerprint density at radius 1 is 0.485 bits per heavy atom. The summed E-state index contributed by atoms with van der Waals surface area (Å²) in [4.78, 5) is 0. The van der Waals surface area contributed by atoms with E-state index in [-0.39, 0.29) is 132 Å². The fourth-order valence-corrected chi connectivity index (χ4v) is 5.32. The first-order valence-corrected chi connectivity index (χ1v) is 20.6. The predicted molar refractivity (Wildman–Crippen MR) is 263 cm³/mol. The van der Waals surface area contributed by atoms with Gasteiger partial charge in [-0.15, -0.1) is 118 Å². The van der Waals surface area contributed by atoms with Gasteiger partial charge in [0.15, 0.2) is 0 Å². The summed E-state index contributed by atoms with van der Waals surface area (Å²) in [5.74, 6) is 1.42. The van der Waals surface area contributed by atoms with Crippen LogP contribution in [0.5, 0.6) is 0 Å². The molecule has 0 aliphatic rings. The van der Waals surface area contributed by atoms with Crippen LogP contribution in [-0.4, -0.2) is 0 Å². The Kier molecular flexibility index (Phi) is 50.4. The van der Waals surface area contributed by atoms with Gasteiger partial charge in [-0.05, 0) is 0 Å². The maximum absolute atomic E-state index is 3.72. The molecular weight excluding hydrogens is 757 g/mol. The van der Waals surface area contributed by atoms with E-state index in [0.717, 1.165) is 17.5 Å². The topological polar surface area (TPSA) is 0 Å². The molecular formula is C59H61Li7. The van der Waals surface area contributed by atoms with Crippen molar-refractivity contribution in [2.45, 2.75) is 60.8 Å². The molecule has 9 aromatic carbocycles. The maximum Gasteiger partial charge on any atom is 1.00 e. The fraction of sp³-hybridized carbons (Fsp3) is 0.153. The molecule has 0 fully saturated rings. The van der Waals surface area contributed by atoms with E-state index >= 15 is 0 Å². The minimum Gasteiger partial charge on any atom is -0.343 e. The second-order valence-electron chi connectivity index (χ2n) is 14.2. The van der Waals surface area contributed by atoms with Gasteiger partial charge in [0.05, 0.1) is 0 Å². The molecule has 0 saturated heterocycles. The van der Waals surface area contributed by atoms with Crippen LogP contribution in [0.15, 0.2) is 194 Å². The third kappa shape index (κ3) is 29.2. The van der Waals surface area contributed by atoms with Crippen molar-refractivity contribution >= 4 is 43.1 Å². The summed E-state index contributed by atoms with van der Waals surface area (Å²) in [5.41, 5.74) is 3.44. The Morgan fingerprint density at radius 3 is 1.30 bits per heavy atom. The van der Waals surface area contributed by atoms with Crippen molar-refractivity contribution < 1.29 is 132 Å². The molecule has 0 N–H and O–H groups in total. The number of rotatable bonds is 3. The van der Waals surface area contributed by atoms with Crippen LogP contribution < -0.4 is 132 Å². The van der Waals surface area contributed by atoms with Crippen LogP contribution in [0.2, 0.25) is 0 Å². The van der Waals surface area contributed by atoms with Gasteiger partial charge in [-0.3, -0.25) is 0 Å². The molecule has 0 aliphatic heterocycles. The number of fused-ring (bicyclic) bond motifs is 5. The molecule has 9 aromatic rings. The van der Waals surface area contributed by atoms with Gasteiger partial charge >= 0.3 is 132 Å². The molecule has 0 atom stereocenters. The molecule has 0 heterocycles. The summed E-state index contributed by atoms with van der Waals surface area (Å²) >= 11 is 0. The molecule has 0 amide bonds. The monoisotopic (exact) mass is 819 g/mol. The van der Waals surface area contributed by atoms with Crippen molar-refractivity contribution in [1.29, 1.82) is 0 Å². The summed E-state index contributed by atoms with van der Waals surface area (Å²) in [5, 5.41) is 9.92.